The highest BCUT2D eigenvalue weighted by Gasteiger charge is 2.32. The van der Waals surface area contributed by atoms with Crippen LogP contribution in [0.4, 0.5) is 5.82 Å². The maximum atomic E-state index is 13.6. The second-order valence-electron chi connectivity index (χ2n) is 8.43. The molecular formula is C26H25ClN4O5. The number of aliphatic hydroxyl groups is 1. The Morgan fingerprint density at radius 1 is 1.19 bits per heavy atom. The zero-order chi connectivity index (χ0) is 25.1. The summed E-state index contributed by atoms with van der Waals surface area (Å²) in [6.07, 6.45) is 3.07. The number of carbonyl (C=O) groups excluding carboxylic acids is 1. The molecule has 10 heteroatoms. The minimum Gasteiger partial charge on any atom is -0.457 e. The zero-order valence-corrected chi connectivity index (χ0v) is 20.2. The fourth-order valence-corrected chi connectivity index (χ4v) is 4.56. The molecule has 0 saturated carbocycles. The second kappa shape index (κ2) is 10.6. The summed E-state index contributed by atoms with van der Waals surface area (Å²) in [5, 5.41) is 13.6. The molecule has 186 valence electrons. The van der Waals surface area contributed by atoms with Crippen LogP contribution in [-0.4, -0.2) is 64.4 Å². The molecule has 0 aliphatic carbocycles. The molecule has 1 aliphatic heterocycles. The molecule has 1 saturated heterocycles. The first kappa shape index (κ1) is 24.2. The van der Waals surface area contributed by atoms with Crippen molar-refractivity contribution in [2.45, 2.75) is 24.7 Å². The average molecular weight is 509 g/mol. The van der Waals surface area contributed by atoms with Gasteiger partial charge in [0, 0.05) is 31.4 Å². The Morgan fingerprint density at radius 2 is 2.03 bits per heavy atom. The second-order valence-corrected chi connectivity index (χ2v) is 8.84. The highest BCUT2D eigenvalue weighted by Crippen LogP contribution is 2.32. The Labute approximate surface area is 212 Å². The zero-order valence-electron chi connectivity index (χ0n) is 19.5. The molecule has 1 fully saturated rings. The summed E-state index contributed by atoms with van der Waals surface area (Å²) < 4.78 is 17.2. The van der Waals surface area contributed by atoms with E-state index < -0.39 is 0 Å². The van der Waals surface area contributed by atoms with Gasteiger partial charge in [0.15, 0.2) is 5.78 Å². The summed E-state index contributed by atoms with van der Waals surface area (Å²) in [5.41, 5.74) is 1.22. The minimum atomic E-state index is -0.279. The molecule has 0 bridgehead atoms. The lowest BCUT2D eigenvalue weighted by Crippen LogP contribution is -2.47. The van der Waals surface area contributed by atoms with Crippen molar-refractivity contribution in [1.29, 1.82) is 0 Å². The van der Waals surface area contributed by atoms with Crippen LogP contribution in [0, 0.1) is 0 Å². The van der Waals surface area contributed by atoms with Crippen LogP contribution in [0.2, 0.25) is 5.02 Å². The van der Waals surface area contributed by atoms with Crippen LogP contribution in [-0.2, 0) is 9.47 Å². The van der Waals surface area contributed by atoms with Gasteiger partial charge in [-0.05, 0) is 24.3 Å². The van der Waals surface area contributed by atoms with E-state index in [-0.39, 0.29) is 35.7 Å². The Balaban J connectivity index is 1.42. The van der Waals surface area contributed by atoms with Crippen molar-refractivity contribution >= 4 is 34.2 Å². The highest BCUT2D eigenvalue weighted by molar-refractivity contribution is 6.35. The molecule has 0 amide bonds. The smallest absolute Gasteiger partial charge is 0.196 e. The number of halogens is 1. The number of rotatable bonds is 8. The van der Waals surface area contributed by atoms with Crippen LogP contribution < -0.4 is 10.1 Å². The van der Waals surface area contributed by atoms with Crippen molar-refractivity contribution in [2.75, 3.05) is 25.6 Å². The minimum absolute atomic E-state index is 0.0727. The van der Waals surface area contributed by atoms with Crippen molar-refractivity contribution in [3.8, 4) is 11.5 Å². The fourth-order valence-electron chi connectivity index (χ4n) is 4.30. The number of ether oxygens (including phenoxy) is 3. The number of hydrogen-bond acceptors (Lipinski definition) is 8. The van der Waals surface area contributed by atoms with E-state index in [9.17, 15) is 9.90 Å². The third-order valence-corrected chi connectivity index (χ3v) is 6.48. The van der Waals surface area contributed by atoms with Crippen LogP contribution >= 0.6 is 11.6 Å². The Morgan fingerprint density at radius 3 is 2.78 bits per heavy atom. The summed E-state index contributed by atoms with van der Waals surface area (Å²) in [5.74, 6) is 1.39. The van der Waals surface area contributed by atoms with Gasteiger partial charge in [0.1, 0.15) is 29.3 Å². The van der Waals surface area contributed by atoms with Gasteiger partial charge in [-0.25, -0.2) is 9.97 Å². The molecule has 5 rings (SSSR count). The van der Waals surface area contributed by atoms with Crippen molar-refractivity contribution in [2.24, 2.45) is 0 Å². The lowest BCUT2D eigenvalue weighted by atomic mass is 10.0. The summed E-state index contributed by atoms with van der Waals surface area (Å²) in [6.45, 7) is 0.244. The average Bonchev–Trinajstić information content (AvgIpc) is 3.34. The number of aromatic amines is 1. The number of ketones is 1. The number of hydrogen-bond donors (Lipinski definition) is 3. The number of anilines is 1. The number of aromatic nitrogens is 3. The van der Waals surface area contributed by atoms with Gasteiger partial charge in [-0.3, -0.25) is 4.79 Å². The first-order valence-corrected chi connectivity index (χ1v) is 11.9. The van der Waals surface area contributed by atoms with E-state index in [0.717, 1.165) is 0 Å². The number of nitrogens with zero attached hydrogens (tertiary/aromatic N) is 2. The van der Waals surface area contributed by atoms with Crippen LogP contribution in [0.25, 0.3) is 11.0 Å². The Kier molecular flexibility index (Phi) is 7.15. The van der Waals surface area contributed by atoms with E-state index in [1.54, 1.807) is 31.5 Å². The van der Waals surface area contributed by atoms with E-state index >= 15 is 0 Å². The molecule has 2 aromatic carbocycles. The van der Waals surface area contributed by atoms with Gasteiger partial charge in [0.2, 0.25) is 0 Å². The lowest BCUT2D eigenvalue weighted by Gasteiger charge is -2.35. The topological polar surface area (TPSA) is 119 Å². The predicted molar refractivity (Wildman–Crippen MR) is 135 cm³/mol. The number of nitrogens with one attached hydrogen (secondary N) is 2. The van der Waals surface area contributed by atoms with Crippen molar-refractivity contribution in [1.82, 2.24) is 15.0 Å². The number of aliphatic hydroxyl groups excluding tert-OH is 1. The van der Waals surface area contributed by atoms with Gasteiger partial charge in [0.25, 0.3) is 0 Å². The molecule has 3 heterocycles. The quantitative estimate of drug-likeness (QED) is 0.303. The first-order chi connectivity index (χ1) is 17.6. The van der Waals surface area contributed by atoms with Crippen LogP contribution in [0.1, 0.15) is 22.3 Å². The van der Waals surface area contributed by atoms with Crippen LogP contribution in [0.15, 0.2) is 61.1 Å². The maximum absolute atomic E-state index is 13.6. The van der Waals surface area contributed by atoms with Crippen molar-refractivity contribution < 1.29 is 24.1 Å². The first-order valence-electron chi connectivity index (χ1n) is 11.5. The molecular weight excluding hydrogens is 484 g/mol. The lowest BCUT2D eigenvalue weighted by molar-refractivity contribution is -0.0831. The number of fused-ring (bicyclic) bond motifs is 1. The molecule has 3 N–H and O–H groups in total. The third kappa shape index (κ3) is 4.91. The summed E-state index contributed by atoms with van der Waals surface area (Å²) in [7, 11) is 1.62. The summed E-state index contributed by atoms with van der Waals surface area (Å²) in [4.78, 5) is 25.3. The molecule has 1 aliphatic rings. The van der Waals surface area contributed by atoms with Gasteiger partial charge >= 0.3 is 0 Å². The fraction of sp³-hybridized carbons (Fsp3) is 0.269. The standard InChI is InChI=1S/C26H25ClN4O5/c1-34-22-10-17(12-32)35-13-21(22)31-26-23-19(11-28-25(23)29-14-30-26)24(33)18-8-7-16(9-20(18)27)36-15-5-3-2-4-6-15/h2-9,11,14,17,21-22,32H,10,12-13H2,1H3,(H2,28,29,30,31)/t17-,21?,22+/m0/s1. The number of H-pyrrole nitrogens is 1. The molecule has 3 atom stereocenters. The number of para-hydroxylation sites is 1. The SMILES string of the molecule is CO[C@@H]1C[C@@H](CO)OCC1Nc1ncnc2[nH]cc(C(=O)c3ccc(Oc4ccccc4)cc3Cl)c12. The molecule has 2 aromatic heterocycles. The third-order valence-electron chi connectivity index (χ3n) is 6.16. The largest absolute Gasteiger partial charge is 0.457 e. The molecule has 4 aromatic rings. The molecule has 0 spiro atoms. The number of methoxy groups -OCH3 is 1. The number of benzene rings is 2. The monoisotopic (exact) mass is 508 g/mol. The summed E-state index contributed by atoms with van der Waals surface area (Å²) >= 11 is 6.51. The van der Waals surface area contributed by atoms with E-state index in [2.05, 4.69) is 20.3 Å². The van der Waals surface area contributed by atoms with Gasteiger partial charge in [0.05, 0.1) is 47.4 Å². The van der Waals surface area contributed by atoms with Crippen LogP contribution in [0.3, 0.4) is 0 Å². The van der Waals surface area contributed by atoms with Gasteiger partial charge in [-0.2, -0.15) is 0 Å². The Bertz CT molecular complexity index is 1360. The Hall–Kier alpha value is -3.50. The van der Waals surface area contributed by atoms with E-state index in [1.807, 2.05) is 30.3 Å². The molecule has 0 radical (unpaired) electrons. The highest BCUT2D eigenvalue weighted by atomic mass is 35.5. The van der Waals surface area contributed by atoms with Gasteiger partial charge in [-0.15, -0.1) is 0 Å². The van der Waals surface area contributed by atoms with Crippen molar-refractivity contribution in [3.05, 3.63) is 77.2 Å². The molecule has 9 nitrogen and oxygen atoms in total. The van der Waals surface area contributed by atoms with E-state index in [4.69, 9.17) is 25.8 Å². The molecule has 36 heavy (non-hydrogen) atoms. The van der Waals surface area contributed by atoms with Gasteiger partial charge < -0.3 is 29.6 Å². The maximum Gasteiger partial charge on any atom is 0.196 e. The van der Waals surface area contributed by atoms with Crippen molar-refractivity contribution in [3.63, 3.8) is 0 Å². The normalized spacial score (nSPS) is 19.8. The predicted octanol–water partition coefficient (Wildman–Crippen LogP) is 4.21. The van der Waals surface area contributed by atoms with E-state index in [1.165, 1.54) is 6.33 Å². The molecule has 1 unspecified atom stereocenters. The summed E-state index contributed by atoms with van der Waals surface area (Å²) in [6, 6.07) is 14.1. The van der Waals surface area contributed by atoms with Crippen LogP contribution in [0.5, 0.6) is 11.5 Å². The number of carbonyl (C=O) groups is 1. The van der Waals surface area contributed by atoms with Gasteiger partial charge in [-0.1, -0.05) is 29.8 Å². The van der Waals surface area contributed by atoms with E-state index in [0.29, 0.717) is 52.5 Å².